The molecule has 5 nitrogen and oxygen atoms in total. The van der Waals surface area contributed by atoms with Crippen molar-refractivity contribution in [3.05, 3.63) is 89.5 Å². The number of rotatable bonds is 9. The zero-order valence-corrected chi connectivity index (χ0v) is 18.9. The Balaban J connectivity index is 1.47. The van der Waals surface area contributed by atoms with Gasteiger partial charge in [-0.2, -0.15) is 0 Å². The van der Waals surface area contributed by atoms with Gasteiger partial charge < -0.3 is 15.4 Å². The molecule has 0 heterocycles. The summed E-state index contributed by atoms with van der Waals surface area (Å²) in [4.78, 5) is 24.5. The second-order valence-corrected chi connectivity index (χ2v) is 8.14. The molecule has 0 aromatic heterocycles. The van der Waals surface area contributed by atoms with Crippen LogP contribution in [0.3, 0.4) is 0 Å². The monoisotopic (exact) mass is 430 g/mol. The maximum atomic E-state index is 12.3. The van der Waals surface area contributed by atoms with Gasteiger partial charge in [0.15, 0.2) is 6.61 Å². The van der Waals surface area contributed by atoms with Gasteiger partial charge >= 0.3 is 0 Å². The third-order valence-electron chi connectivity index (χ3n) is 5.09. The van der Waals surface area contributed by atoms with Crippen molar-refractivity contribution in [3.8, 4) is 5.75 Å². The minimum Gasteiger partial charge on any atom is -0.483 e. The fraction of sp³-hybridized carbons (Fsp3) is 0.259. The number of aryl methyl sites for hydroxylation is 2. The number of ether oxygens (including phenoxy) is 1. The molecule has 3 aromatic rings. The molecule has 0 atom stereocenters. The lowest BCUT2D eigenvalue weighted by atomic mass is 10.0. The summed E-state index contributed by atoms with van der Waals surface area (Å²) in [5, 5.41) is 5.71. The summed E-state index contributed by atoms with van der Waals surface area (Å²) in [6.45, 7) is 6.12. The summed E-state index contributed by atoms with van der Waals surface area (Å²) in [6.07, 6.45) is 1.11. The van der Waals surface area contributed by atoms with Crippen molar-refractivity contribution in [3.63, 3.8) is 0 Å². The molecule has 0 unspecified atom stereocenters. The summed E-state index contributed by atoms with van der Waals surface area (Å²) in [6, 6.07) is 23.0. The van der Waals surface area contributed by atoms with Crippen LogP contribution in [-0.2, 0) is 16.0 Å². The molecule has 0 fully saturated rings. The Morgan fingerprint density at radius 1 is 0.844 bits per heavy atom. The van der Waals surface area contributed by atoms with Crippen molar-refractivity contribution in [2.24, 2.45) is 0 Å². The summed E-state index contributed by atoms with van der Waals surface area (Å²) >= 11 is 0. The number of hydrogen-bond donors (Lipinski definition) is 2. The van der Waals surface area contributed by atoms with E-state index < -0.39 is 0 Å². The zero-order valence-electron chi connectivity index (χ0n) is 18.9. The molecular formula is C27H30N2O3. The Labute approximate surface area is 189 Å². The Morgan fingerprint density at radius 2 is 1.47 bits per heavy atom. The predicted molar refractivity (Wildman–Crippen MR) is 129 cm³/mol. The summed E-state index contributed by atoms with van der Waals surface area (Å²) in [5.74, 6) is 0.770. The van der Waals surface area contributed by atoms with Gasteiger partial charge in [-0.3, -0.25) is 9.59 Å². The smallest absolute Gasteiger partial charge is 0.262 e. The molecule has 166 valence electrons. The van der Waals surface area contributed by atoms with Crippen LogP contribution in [0.1, 0.15) is 42.9 Å². The van der Waals surface area contributed by atoms with Crippen LogP contribution in [-0.4, -0.2) is 18.4 Å². The summed E-state index contributed by atoms with van der Waals surface area (Å²) < 4.78 is 5.78. The van der Waals surface area contributed by atoms with Gasteiger partial charge in [0.25, 0.3) is 5.91 Å². The van der Waals surface area contributed by atoms with Crippen LogP contribution in [0, 0.1) is 6.92 Å². The van der Waals surface area contributed by atoms with Crippen molar-refractivity contribution in [2.75, 3.05) is 17.2 Å². The van der Waals surface area contributed by atoms with Crippen molar-refractivity contribution in [1.82, 2.24) is 0 Å². The second-order valence-electron chi connectivity index (χ2n) is 8.14. The maximum Gasteiger partial charge on any atom is 0.262 e. The minimum atomic E-state index is -0.235. The van der Waals surface area contributed by atoms with E-state index in [-0.39, 0.29) is 18.4 Å². The van der Waals surface area contributed by atoms with Crippen LogP contribution >= 0.6 is 0 Å². The average Bonchev–Trinajstić information content (AvgIpc) is 2.78. The van der Waals surface area contributed by atoms with Gasteiger partial charge in [0.2, 0.25) is 5.91 Å². The molecule has 3 aromatic carbocycles. The van der Waals surface area contributed by atoms with Gasteiger partial charge in [-0.15, -0.1) is 0 Å². The van der Waals surface area contributed by atoms with E-state index in [0.29, 0.717) is 30.1 Å². The number of carbonyl (C=O) groups excluding carboxylic acids is 2. The van der Waals surface area contributed by atoms with Crippen molar-refractivity contribution < 1.29 is 14.3 Å². The summed E-state index contributed by atoms with van der Waals surface area (Å²) in [5.41, 5.74) is 4.64. The van der Waals surface area contributed by atoms with Gasteiger partial charge in [0, 0.05) is 17.8 Å². The Hall–Kier alpha value is -3.60. The molecule has 0 bridgehead atoms. The molecule has 0 saturated carbocycles. The topological polar surface area (TPSA) is 67.4 Å². The van der Waals surface area contributed by atoms with Crippen LogP contribution in [0.5, 0.6) is 5.75 Å². The van der Waals surface area contributed by atoms with E-state index in [1.54, 1.807) is 24.3 Å². The van der Waals surface area contributed by atoms with Gasteiger partial charge in [-0.1, -0.05) is 56.3 Å². The van der Waals surface area contributed by atoms with Crippen molar-refractivity contribution in [1.29, 1.82) is 0 Å². The molecule has 2 N–H and O–H groups in total. The first-order chi connectivity index (χ1) is 15.4. The molecule has 0 saturated heterocycles. The molecule has 0 radical (unpaired) electrons. The SMILES string of the molecule is Cc1ccc(C(C)C)c(OCC(=O)Nc2ccc(NC(=O)CCc3ccccc3)cc2)c1. The van der Waals surface area contributed by atoms with Crippen LogP contribution in [0.4, 0.5) is 11.4 Å². The van der Waals surface area contributed by atoms with Crippen molar-refractivity contribution in [2.45, 2.75) is 39.5 Å². The Morgan fingerprint density at radius 3 is 2.09 bits per heavy atom. The fourth-order valence-electron chi connectivity index (χ4n) is 3.35. The van der Waals surface area contributed by atoms with Gasteiger partial charge in [0.1, 0.15) is 5.75 Å². The molecule has 0 aliphatic rings. The lowest BCUT2D eigenvalue weighted by Gasteiger charge is -2.15. The fourth-order valence-corrected chi connectivity index (χ4v) is 3.35. The van der Waals surface area contributed by atoms with E-state index in [4.69, 9.17) is 4.74 Å². The number of anilines is 2. The van der Waals surface area contributed by atoms with E-state index in [0.717, 1.165) is 22.4 Å². The number of amides is 2. The third kappa shape index (κ3) is 6.98. The highest BCUT2D eigenvalue weighted by Crippen LogP contribution is 2.27. The highest BCUT2D eigenvalue weighted by Gasteiger charge is 2.11. The number of carbonyl (C=O) groups is 2. The molecule has 3 rings (SSSR count). The Bertz CT molecular complexity index is 1040. The largest absolute Gasteiger partial charge is 0.483 e. The van der Waals surface area contributed by atoms with E-state index >= 15 is 0 Å². The van der Waals surface area contributed by atoms with Crippen LogP contribution in [0.2, 0.25) is 0 Å². The molecule has 5 heteroatoms. The van der Waals surface area contributed by atoms with E-state index in [1.807, 2.05) is 55.5 Å². The lowest BCUT2D eigenvalue weighted by molar-refractivity contribution is -0.118. The normalized spacial score (nSPS) is 10.6. The van der Waals surface area contributed by atoms with Gasteiger partial charge in [-0.25, -0.2) is 0 Å². The second kappa shape index (κ2) is 11.1. The quantitative estimate of drug-likeness (QED) is 0.457. The first-order valence-electron chi connectivity index (χ1n) is 10.9. The van der Waals surface area contributed by atoms with E-state index in [9.17, 15) is 9.59 Å². The predicted octanol–water partition coefficient (Wildman–Crippen LogP) is 5.71. The first kappa shape index (κ1) is 23.1. The van der Waals surface area contributed by atoms with Gasteiger partial charge in [-0.05, 0) is 66.3 Å². The molecule has 0 spiro atoms. The third-order valence-corrected chi connectivity index (χ3v) is 5.09. The molecule has 0 aliphatic heterocycles. The van der Waals surface area contributed by atoms with E-state index in [1.165, 1.54) is 0 Å². The minimum absolute atomic E-state index is 0.0434. The van der Waals surface area contributed by atoms with Crippen molar-refractivity contribution >= 4 is 23.2 Å². The van der Waals surface area contributed by atoms with Crippen LogP contribution in [0.25, 0.3) is 0 Å². The molecule has 2 amide bonds. The zero-order chi connectivity index (χ0) is 22.9. The highest BCUT2D eigenvalue weighted by molar-refractivity contribution is 5.93. The molecule has 32 heavy (non-hydrogen) atoms. The molecular weight excluding hydrogens is 400 g/mol. The molecule has 0 aliphatic carbocycles. The summed E-state index contributed by atoms with van der Waals surface area (Å²) in [7, 11) is 0. The first-order valence-corrected chi connectivity index (χ1v) is 10.9. The average molecular weight is 431 g/mol. The number of hydrogen-bond acceptors (Lipinski definition) is 3. The van der Waals surface area contributed by atoms with E-state index in [2.05, 4.69) is 24.5 Å². The standard InChI is InChI=1S/C27H30N2O3/c1-19(2)24-15-9-20(3)17-25(24)32-18-27(31)29-23-13-11-22(12-14-23)28-26(30)16-10-21-7-5-4-6-8-21/h4-9,11-15,17,19H,10,16,18H2,1-3H3,(H,28,30)(H,29,31). The Kier molecular flexibility index (Phi) is 8.03. The maximum absolute atomic E-state index is 12.3. The highest BCUT2D eigenvalue weighted by atomic mass is 16.5. The number of benzene rings is 3. The number of nitrogens with one attached hydrogen (secondary N) is 2. The lowest BCUT2D eigenvalue weighted by Crippen LogP contribution is -2.20. The van der Waals surface area contributed by atoms with Gasteiger partial charge in [0.05, 0.1) is 0 Å². The van der Waals surface area contributed by atoms with Crippen LogP contribution < -0.4 is 15.4 Å². The van der Waals surface area contributed by atoms with Crippen LogP contribution in [0.15, 0.2) is 72.8 Å².